The Bertz CT molecular complexity index is 682. The zero-order valence-corrected chi connectivity index (χ0v) is 12.3. The zero-order valence-electron chi connectivity index (χ0n) is 12.3. The second kappa shape index (κ2) is 7.36. The van der Waals surface area contributed by atoms with Crippen molar-refractivity contribution in [3.63, 3.8) is 0 Å². The summed E-state index contributed by atoms with van der Waals surface area (Å²) in [4.78, 5) is 9.83. The van der Waals surface area contributed by atoms with Gasteiger partial charge in [0.2, 0.25) is 5.82 Å². The second-order valence-corrected chi connectivity index (χ2v) is 4.85. The summed E-state index contributed by atoms with van der Waals surface area (Å²) >= 11 is 0. The first kappa shape index (κ1) is 15.7. The van der Waals surface area contributed by atoms with Crippen LogP contribution in [0.25, 0.3) is 12.2 Å². The normalized spacial score (nSPS) is 10.8. The van der Waals surface area contributed by atoms with E-state index in [9.17, 15) is 14.5 Å². The highest BCUT2D eigenvalue weighted by atomic mass is 19.1. The lowest BCUT2D eigenvalue weighted by Gasteiger charge is -2.04. The van der Waals surface area contributed by atoms with E-state index in [1.165, 1.54) is 12.1 Å². The van der Waals surface area contributed by atoms with E-state index >= 15 is 0 Å². The Morgan fingerprint density at radius 2 is 1.77 bits per heavy atom. The predicted molar refractivity (Wildman–Crippen MR) is 87.2 cm³/mol. The number of halogens is 1. The van der Waals surface area contributed by atoms with Crippen LogP contribution in [0.15, 0.2) is 42.5 Å². The molecule has 0 bridgehead atoms. The van der Waals surface area contributed by atoms with Crippen molar-refractivity contribution in [1.29, 1.82) is 0 Å². The standard InChI is InChI=1S/C17H17FN2O2/c1-2-11-19-15-8-5-13(6-9-15)3-4-14-7-10-17(20(21)22)16(18)12-14/h3-10,12,19H,2,11H2,1H3. The monoisotopic (exact) mass is 300 g/mol. The molecule has 0 atom stereocenters. The van der Waals surface area contributed by atoms with E-state index in [2.05, 4.69) is 12.2 Å². The molecule has 4 nitrogen and oxygen atoms in total. The molecular weight excluding hydrogens is 283 g/mol. The minimum Gasteiger partial charge on any atom is -0.385 e. The van der Waals surface area contributed by atoms with Crippen molar-refractivity contribution in [2.24, 2.45) is 0 Å². The van der Waals surface area contributed by atoms with Gasteiger partial charge in [-0.15, -0.1) is 0 Å². The Kier molecular flexibility index (Phi) is 5.25. The van der Waals surface area contributed by atoms with Crippen molar-refractivity contribution in [3.8, 4) is 0 Å². The van der Waals surface area contributed by atoms with Crippen molar-refractivity contribution in [2.45, 2.75) is 13.3 Å². The predicted octanol–water partition coefficient (Wildman–Crippen LogP) is 4.73. The third-order valence-corrected chi connectivity index (χ3v) is 3.13. The fraction of sp³-hybridized carbons (Fsp3) is 0.176. The minimum absolute atomic E-state index is 0.511. The molecule has 0 amide bonds. The van der Waals surface area contributed by atoms with Crippen LogP contribution in [0.3, 0.4) is 0 Å². The van der Waals surface area contributed by atoms with E-state index in [4.69, 9.17) is 0 Å². The van der Waals surface area contributed by atoms with Crippen LogP contribution in [0.5, 0.6) is 0 Å². The largest absolute Gasteiger partial charge is 0.385 e. The summed E-state index contributed by atoms with van der Waals surface area (Å²) in [6, 6.07) is 11.7. The third kappa shape index (κ3) is 4.15. The summed E-state index contributed by atoms with van der Waals surface area (Å²) in [6.07, 6.45) is 4.62. The van der Waals surface area contributed by atoms with E-state index in [0.29, 0.717) is 5.56 Å². The molecule has 2 aromatic carbocycles. The first-order valence-corrected chi connectivity index (χ1v) is 7.06. The molecule has 0 aliphatic heterocycles. The molecule has 0 spiro atoms. The van der Waals surface area contributed by atoms with Gasteiger partial charge in [0.1, 0.15) is 0 Å². The Balaban J connectivity index is 2.08. The van der Waals surface area contributed by atoms with Crippen molar-refractivity contribution in [1.82, 2.24) is 0 Å². The Labute approximate surface area is 128 Å². The summed E-state index contributed by atoms with van der Waals surface area (Å²) in [5.74, 6) is -0.828. The number of nitro benzene ring substituents is 1. The maximum atomic E-state index is 13.5. The van der Waals surface area contributed by atoms with Crippen LogP contribution in [0.4, 0.5) is 15.8 Å². The lowest BCUT2D eigenvalue weighted by Crippen LogP contribution is -1.98. The van der Waals surface area contributed by atoms with Gasteiger partial charge in [-0.25, -0.2) is 0 Å². The Morgan fingerprint density at radius 1 is 1.14 bits per heavy atom. The first-order valence-electron chi connectivity index (χ1n) is 7.06. The van der Waals surface area contributed by atoms with E-state index in [1.54, 1.807) is 6.08 Å². The number of anilines is 1. The molecule has 2 aromatic rings. The molecule has 2 rings (SSSR count). The highest BCUT2D eigenvalue weighted by Crippen LogP contribution is 2.19. The average Bonchev–Trinajstić information content (AvgIpc) is 2.51. The van der Waals surface area contributed by atoms with Crippen LogP contribution >= 0.6 is 0 Å². The quantitative estimate of drug-likeness (QED) is 0.477. The fourth-order valence-electron chi connectivity index (χ4n) is 1.95. The second-order valence-electron chi connectivity index (χ2n) is 4.85. The molecule has 0 saturated carbocycles. The highest BCUT2D eigenvalue weighted by molar-refractivity contribution is 5.71. The van der Waals surface area contributed by atoms with Crippen molar-refractivity contribution in [3.05, 3.63) is 69.5 Å². The van der Waals surface area contributed by atoms with Crippen molar-refractivity contribution in [2.75, 3.05) is 11.9 Å². The molecule has 114 valence electrons. The van der Waals surface area contributed by atoms with Crippen molar-refractivity contribution >= 4 is 23.5 Å². The number of rotatable bonds is 6. The van der Waals surface area contributed by atoms with Gasteiger partial charge >= 0.3 is 5.69 Å². The van der Waals surface area contributed by atoms with Gasteiger partial charge in [0, 0.05) is 18.3 Å². The molecule has 0 saturated heterocycles. The topological polar surface area (TPSA) is 55.2 Å². The van der Waals surface area contributed by atoms with Gasteiger partial charge in [-0.3, -0.25) is 10.1 Å². The Hall–Kier alpha value is -2.69. The molecule has 1 N–H and O–H groups in total. The van der Waals surface area contributed by atoms with Gasteiger partial charge in [0.25, 0.3) is 0 Å². The molecule has 0 aliphatic carbocycles. The molecule has 0 radical (unpaired) electrons. The minimum atomic E-state index is -0.828. The van der Waals surface area contributed by atoms with E-state index in [0.717, 1.165) is 30.3 Å². The summed E-state index contributed by atoms with van der Waals surface area (Å²) in [5, 5.41) is 13.8. The number of nitrogens with zero attached hydrogens (tertiary/aromatic N) is 1. The van der Waals surface area contributed by atoms with Crippen LogP contribution in [0.1, 0.15) is 24.5 Å². The molecule has 0 aliphatic rings. The molecule has 5 heteroatoms. The van der Waals surface area contributed by atoms with Crippen LogP contribution in [-0.4, -0.2) is 11.5 Å². The first-order chi connectivity index (χ1) is 10.6. The average molecular weight is 300 g/mol. The lowest BCUT2D eigenvalue weighted by molar-refractivity contribution is -0.387. The third-order valence-electron chi connectivity index (χ3n) is 3.13. The zero-order chi connectivity index (χ0) is 15.9. The number of benzene rings is 2. The lowest BCUT2D eigenvalue weighted by atomic mass is 10.1. The van der Waals surface area contributed by atoms with Gasteiger partial charge in [-0.05, 0) is 41.8 Å². The molecule has 0 heterocycles. The van der Waals surface area contributed by atoms with E-state index in [1.807, 2.05) is 30.3 Å². The molecule has 0 unspecified atom stereocenters. The summed E-state index contributed by atoms with van der Waals surface area (Å²) in [6.45, 7) is 3.03. The van der Waals surface area contributed by atoms with Gasteiger partial charge in [0.15, 0.2) is 0 Å². The van der Waals surface area contributed by atoms with E-state index < -0.39 is 16.4 Å². The van der Waals surface area contributed by atoms with Crippen LogP contribution in [-0.2, 0) is 0 Å². The smallest absolute Gasteiger partial charge is 0.304 e. The Morgan fingerprint density at radius 3 is 2.36 bits per heavy atom. The summed E-state index contributed by atoms with van der Waals surface area (Å²) in [5.41, 5.74) is 2.10. The molecular formula is C17H17FN2O2. The SMILES string of the molecule is CCCNc1ccc(C=Cc2ccc([N+](=O)[O-])c(F)c2)cc1. The molecule has 0 fully saturated rings. The van der Waals surface area contributed by atoms with Gasteiger partial charge < -0.3 is 5.32 Å². The van der Waals surface area contributed by atoms with Gasteiger partial charge in [-0.1, -0.05) is 31.2 Å². The number of nitrogens with one attached hydrogen (secondary N) is 1. The maximum Gasteiger partial charge on any atom is 0.304 e. The summed E-state index contributed by atoms with van der Waals surface area (Å²) in [7, 11) is 0. The number of hydrogen-bond donors (Lipinski definition) is 1. The van der Waals surface area contributed by atoms with E-state index in [-0.39, 0.29) is 0 Å². The highest BCUT2D eigenvalue weighted by Gasteiger charge is 2.12. The van der Waals surface area contributed by atoms with Crippen LogP contribution < -0.4 is 5.32 Å². The molecule has 0 aromatic heterocycles. The van der Waals surface area contributed by atoms with Gasteiger partial charge in [-0.2, -0.15) is 4.39 Å². The molecule has 22 heavy (non-hydrogen) atoms. The van der Waals surface area contributed by atoms with Crippen LogP contribution in [0.2, 0.25) is 0 Å². The van der Waals surface area contributed by atoms with Crippen molar-refractivity contribution < 1.29 is 9.31 Å². The van der Waals surface area contributed by atoms with Gasteiger partial charge in [0.05, 0.1) is 4.92 Å². The summed E-state index contributed by atoms with van der Waals surface area (Å²) < 4.78 is 13.5. The number of nitro groups is 1. The number of hydrogen-bond acceptors (Lipinski definition) is 3. The fourth-order valence-corrected chi connectivity index (χ4v) is 1.95. The maximum absolute atomic E-state index is 13.5. The van der Waals surface area contributed by atoms with Crippen LogP contribution in [0, 0.1) is 15.9 Å².